The molecule has 3 N–H and O–H groups in total. The van der Waals surface area contributed by atoms with E-state index in [2.05, 4.69) is 49.9 Å². The van der Waals surface area contributed by atoms with Crippen LogP contribution in [0.3, 0.4) is 0 Å². The topological polar surface area (TPSA) is 78.0 Å². The van der Waals surface area contributed by atoms with Crippen molar-refractivity contribution in [2.24, 2.45) is 10.9 Å². The lowest BCUT2D eigenvalue weighted by molar-refractivity contribution is 0.295. The molecule has 0 atom stereocenters. The Bertz CT molecular complexity index is 692. The lowest BCUT2D eigenvalue weighted by atomic mass is 9.83. The molecule has 0 unspecified atom stereocenters. The number of aromatic amines is 1. The first-order valence-corrected chi connectivity index (χ1v) is 9.70. The predicted molar refractivity (Wildman–Crippen MR) is 121 cm³/mol. The number of halogens is 1. The minimum Gasteiger partial charge on any atom is -0.354 e. The van der Waals surface area contributed by atoms with E-state index < -0.39 is 0 Å². The third-order valence-corrected chi connectivity index (χ3v) is 5.18. The van der Waals surface area contributed by atoms with Crippen LogP contribution in [0.5, 0.6) is 0 Å². The number of nitrogens with zero attached hydrogens (tertiary/aromatic N) is 3. The fourth-order valence-corrected chi connectivity index (χ4v) is 3.75. The first-order chi connectivity index (χ1) is 12.8. The summed E-state index contributed by atoms with van der Waals surface area (Å²) >= 11 is 0. The summed E-state index contributed by atoms with van der Waals surface area (Å²) in [6.07, 6.45) is 9.36. The Hall–Kier alpha value is -1.64. The van der Waals surface area contributed by atoms with E-state index >= 15 is 0 Å². The van der Waals surface area contributed by atoms with Crippen LogP contribution in [-0.4, -0.2) is 34.2 Å². The van der Waals surface area contributed by atoms with E-state index in [0.29, 0.717) is 6.04 Å². The molecule has 0 radical (unpaired) electrons. The average molecular weight is 482 g/mol. The second-order valence-electron chi connectivity index (χ2n) is 7.11. The Morgan fingerprint density at radius 2 is 2.07 bits per heavy atom. The van der Waals surface area contributed by atoms with Crippen LogP contribution in [-0.2, 0) is 6.54 Å². The summed E-state index contributed by atoms with van der Waals surface area (Å²) in [6, 6.07) is 8.84. The van der Waals surface area contributed by atoms with Crippen molar-refractivity contribution in [2.45, 2.75) is 58.0 Å². The van der Waals surface area contributed by atoms with Crippen molar-refractivity contribution in [3.8, 4) is 11.4 Å². The van der Waals surface area contributed by atoms with E-state index in [-0.39, 0.29) is 24.0 Å². The molecule has 0 spiro atoms. The second kappa shape index (κ2) is 11.3. The first kappa shape index (κ1) is 21.7. The molecule has 1 aromatic carbocycles. The van der Waals surface area contributed by atoms with E-state index in [1.54, 1.807) is 0 Å². The number of H-pyrrole nitrogens is 1. The van der Waals surface area contributed by atoms with Crippen molar-refractivity contribution in [1.82, 2.24) is 25.8 Å². The first-order valence-electron chi connectivity index (χ1n) is 9.70. The van der Waals surface area contributed by atoms with Crippen LogP contribution in [0.25, 0.3) is 11.4 Å². The third-order valence-electron chi connectivity index (χ3n) is 5.18. The molecule has 1 aliphatic carbocycles. The summed E-state index contributed by atoms with van der Waals surface area (Å²) in [5, 5.41) is 13.8. The number of rotatable bonds is 6. The molecule has 7 heteroatoms. The molecule has 0 saturated heterocycles. The number of aromatic nitrogens is 3. The normalized spacial score (nSPS) is 20.0. The molecule has 0 amide bonds. The maximum atomic E-state index is 4.39. The van der Waals surface area contributed by atoms with Gasteiger partial charge in [-0.15, -0.1) is 24.0 Å². The quantitative estimate of drug-likeness (QED) is 0.329. The SMILES string of the molecule is CCCC1CCC(NC(=NC)NCc2cccc(-c3ncn[nH]3)c2)CC1.I. The Labute approximate surface area is 179 Å². The van der Waals surface area contributed by atoms with E-state index in [9.17, 15) is 0 Å². The van der Waals surface area contributed by atoms with Gasteiger partial charge in [-0.1, -0.05) is 38.0 Å². The van der Waals surface area contributed by atoms with Gasteiger partial charge in [0.15, 0.2) is 11.8 Å². The maximum Gasteiger partial charge on any atom is 0.191 e. The minimum absolute atomic E-state index is 0. The summed E-state index contributed by atoms with van der Waals surface area (Å²) in [7, 11) is 1.84. The Balaban J connectivity index is 0.00000261. The van der Waals surface area contributed by atoms with Crippen LogP contribution in [0.2, 0.25) is 0 Å². The van der Waals surface area contributed by atoms with Crippen molar-refractivity contribution in [3.05, 3.63) is 36.2 Å². The van der Waals surface area contributed by atoms with Gasteiger partial charge in [-0.05, 0) is 43.2 Å². The summed E-state index contributed by atoms with van der Waals surface area (Å²) in [5.74, 6) is 2.60. The zero-order valence-electron chi connectivity index (χ0n) is 16.2. The molecule has 1 aliphatic rings. The molecule has 6 nitrogen and oxygen atoms in total. The zero-order chi connectivity index (χ0) is 18.2. The molecule has 1 aromatic heterocycles. The van der Waals surface area contributed by atoms with Crippen LogP contribution in [0.1, 0.15) is 51.0 Å². The number of benzene rings is 1. The maximum absolute atomic E-state index is 4.39. The standard InChI is InChI=1S/C20H30N6.HI/c1-3-5-15-8-10-18(11-9-15)25-20(21-2)22-13-16-6-4-7-17(12-16)19-23-14-24-26-19;/h4,6-7,12,14-15,18H,3,5,8-11,13H2,1-2H3,(H2,21,22,25)(H,23,24,26);1H. The smallest absolute Gasteiger partial charge is 0.191 e. The zero-order valence-corrected chi connectivity index (χ0v) is 18.6. The Morgan fingerprint density at radius 3 is 2.74 bits per heavy atom. The van der Waals surface area contributed by atoms with Gasteiger partial charge in [0.1, 0.15) is 6.33 Å². The summed E-state index contributed by atoms with van der Waals surface area (Å²) in [6.45, 7) is 3.01. The van der Waals surface area contributed by atoms with Crippen molar-refractivity contribution >= 4 is 29.9 Å². The van der Waals surface area contributed by atoms with Gasteiger partial charge in [0.25, 0.3) is 0 Å². The highest BCUT2D eigenvalue weighted by atomic mass is 127. The molecular weight excluding hydrogens is 451 g/mol. The van der Waals surface area contributed by atoms with Crippen LogP contribution < -0.4 is 10.6 Å². The van der Waals surface area contributed by atoms with Crippen LogP contribution in [0.15, 0.2) is 35.6 Å². The second-order valence-corrected chi connectivity index (χ2v) is 7.11. The lowest BCUT2D eigenvalue weighted by Gasteiger charge is -2.30. The van der Waals surface area contributed by atoms with E-state index in [1.165, 1.54) is 50.4 Å². The van der Waals surface area contributed by atoms with Gasteiger partial charge in [-0.3, -0.25) is 10.1 Å². The highest BCUT2D eigenvalue weighted by Gasteiger charge is 2.21. The number of aliphatic imine (C=N–C) groups is 1. The third kappa shape index (κ3) is 6.48. The van der Waals surface area contributed by atoms with Gasteiger partial charge in [-0.25, -0.2) is 4.98 Å². The highest BCUT2D eigenvalue weighted by Crippen LogP contribution is 2.27. The average Bonchev–Trinajstić information content (AvgIpc) is 3.22. The number of guanidine groups is 1. The summed E-state index contributed by atoms with van der Waals surface area (Å²) < 4.78 is 0. The van der Waals surface area contributed by atoms with Crippen molar-refractivity contribution in [3.63, 3.8) is 0 Å². The number of hydrogen-bond acceptors (Lipinski definition) is 3. The van der Waals surface area contributed by atoms with E-state index in [4.69, 9.17) is 0 Å². The largest absolute Gasteiger partial charge is 0.354 e. The van der Waals surface area contributed by atoms with Gasteiger partial charge in [0, 0.05) is 25.2 Å². The van der Waals surface area contributed by atoms with Crippen molar-refractivity contribution in [1.29, 1.82) is 0 Å². The van der Waals surface area contributed by atoms with E-state index in [0.717, 1.165) is 29.8 Å². The van der Waals surface area contributed by atoms with E-state index in [1.807, 2.05) is 19.2 Å². The fourth-order valence-electron chi connectivity index (χ4n) is 3.75. The molecule has 3 rings (SSSR count). The predicted octanol–water partition coefficient (Wildman–Crippen LogP) is 4.11. The van der Waals surface area contributed by atoms with Gasteiger partial charge in [0.05, 0.1) is 0 Å². The van der Waals surface area contributed by atoms with Crippen LogP contribution in [0, 0.1) is 5.92 Å². The van der Waals surface area contributed by atoms with Crippen molar-refractivity contribution in [2.75, 3.05) is 7.05 Å². The monoisotopic (exact) mass is 482 g/mol. The molecule has 1 heterocycles. The molecular formula is C20H31IN6. The fraction of sp³-hybridized carbons (Fsp3) is 0.550. The number of hydrogen-bond donors (Lipinski definition) is 3. The van der Waals surface area contributed by atoms with Gasteiger partial charge in [0.2, 0.25) is 0 Å². The van der Waals surface area contributed by atoms with Gasteiger partial charge < -0.3 is 10.6 Å². The molecule has 1 fully saturated rings. The number of nitrogens with one attached hydrogen (secondary N) is 3. The minimum atomic E-state index is 0. The summed E-state index contributed by atoms with van der Waals surface area (Å²) in [4.78, 5) is 8.60. The highest BCUT2D eigenvalue weighted by molar-refractivity contribution is 14.0. The Kier molecular flexibility index (Phi) is 9.03. The molecule has 27 heavy (non-hydrogen) atoms. The van der Waals surface area contributed by atoms with Crippen LogP contribution in [0.4, 0.5) is 0 Å². The summed E-state index contributed by atoms with van der Waals surface area (Å²) in [5.41, 5.74) is 2.23. The van der Waals surface area contributed by atoms with Gasteiger partial charge in [-0.2, -0.15) is 5.10 Å². The van der Waals surface area contributed by atoms with Gasteiger partial charge >= 0.3 is 0 Å². The van der Waals surface area contributed by atoms with Crippen LogP contribution >= 0.6 is 24.0 Å². The lowest BCUT2D eigenvalue weighted by Crippen LogP contribution is -2.44. The molecule has 1 saturated carbocycles. The Morgan fingerprint density at radius 1 is 1.26 bits per heavy atom. The molecule has 2 aromatic rings. The molecule has 0 aliphatic heterocycles. The molecule has 0 bridgehead atoms. The molecule has 148 valence electrons. The van der Waals surface area contributed by atoms with Crippen molar-refractivity contribution < 1.29 is 0 Å².